The lowest BCUT2D eigenvalue weighted by atomic mass is 10.3. The summed E-state index contributed by atoms with van der Waals surface area (Å²) in [6.07, 6.45) is 2.16. The van der Waals surface area contributed by atoms with E-state index in [0.29, 0.717) is 18.2 Å². The number of carbonyl (C=O) groups is 1. The fourth-order valence-electron chi connectivity index (χ4n) is 2.29. The number of anilines is 1. The highest BCUT2D eigenvalue weighted by atomic mass is 32.2. The molecule has 0 aliphatic heterocycles. The van der Waals surface area contributed by atoms with Gasteiger partial charge in [-0.1, -0.05) is 12.1 Å². The standard InChI is InChI=1S/C17H20N4O5S/c1-11-9-15(25-2)19-16(18-11)20-17(22)21-27(23,24)14-6-4-3-5-13(14)26-10-12-7-8-12/h3-6,9,12H,7-8,10H2,1-2H3,(H2,18,19,20,21,22). The first kappa shape index (κ1) is 18.9. The van der Waals surface area contributed by atoms with Crippen LogP contribution in [0.3, 0.4) is 0 Å². The molecule has 0 radical (unpaired) electrons. The minimum Gasteiger partial charge on any atom is -0.492 e. The Bertz CT molecular complexity index is 944. The second-order valence-corrected chi connectivity index (χ2v) is 7.79. The number of hydrogen-bond donors (Lipinski definition) is 2. The maximum atomic E-state index is 12.6. The van der Waals surface area contributed by atoms with Gasteiger partial charge in [0.1, 0.15) is 10.6 Å². The van der Waals surface area contributed by atoms with Crippen molar-refractivity contribution in [1.29, 1.82) is 0 Å². The van der Waals surface area contributed by atoms with Crippen molar-refractivity contribution in [1.82, 2.24) is 14.7 Å². The number of rotatable bonds is 7. The smallest absolute Gasteiger partial charge is 0.335 e. The number of sulfonamides is 1. The number of nitrogens with one attached hydrogen (secondary N) is 2. The maximum absolute atomic E-state index is 12.6. The Labute approximate surface area is 157 Å². The highest BCUT2D eigenvalue weighted by molar-refractivity contribution is 7.90. The summed E-state index contributed by atoms with van der Waals surface area (Å²) in [4.78, 5) is 20.0. The summed E-state index contributed by atoms with van der Waals surface area (Å²) >= 11 is 0. The molecule has 1 aliphatic rings. The molecule has 2 N–H and O–H groups in total. The molecule has 144 valence electrons. The number of methoxy groups -OCH3 is 1. The molecule has 1 aliphatic carbocycles. The Hall–Kier alpha value is -2.88. The lowest BCUT2D eigenvalue weighted by Gasteiger charge is -2.13. The highest BCUT2D eigenvalue weighted by Crippen LogP contribution is 2.31. The van der Waals surface area contributed by atoms with Crippen LogP contribution in [0.4, 0.5) is 10.7 Å². The molecule has 0 bridgehead atoms. The van der Waals surface area contributed by atoms with Crippen molar-refractivity contribution >= 4 is 22.0 Å². The van der Waals surface area contributed by atoms with Crippen molar-refractivity contribution in [2.75, 3.05) is 19.0 Å². The van der Waals surface area contributed by atoms with Crippen LogP contribution in [0.15, 0.2) is 35.2 Å². The summed E-state index contributed by atoms with van der Waals surface area (Å²) < 4.78 is 37.7. The SMILES string of the molecule is COc1cc(C)nc(NC(=O)NS(=O)(=O)c2ccccc2OCC2CC2)n1. The van der Waals surface area contributed by atoms with Crippen LogP contribution in [0, 0.1) is 12.8 Å². The van der Waals surface area contributed by atoms with E-state index in [1.807, 2.05) is 4.72 Å². The summed E-state index contributed by atoms with van der Waals surface area (Å²) in [6.45, 7) is 2.15. The van der Waals surface area contributed by atoms with Gasteiger partial charge < -0.3 is 9.47 Å². The van der Waals surface area contributed by atoms with Crippen molar-refractivity contribution in [3.05, 3.63) is 36.0 Å². The van der Waals surface area contributed by atoms with Gasteiger partial charge in [0.15, 0.2) is 0 Å². The van der Waals surface area contributed by atoms with Gasteiger partial charge in [0.25, 0.3) is 10.0 Å². The van der Waals surface area contributed by atoms with Gasteiger partial charge in [0, 0.05) is 11.8 Å². The lowest BCUT2D eigenvalue weighted by Crippen LogP contribution is -2.35. The molecule has 0 spiro atoms. The third-order valence-electron chi connectivity index (χ3n) is 3.80. The quantitative estimate of drug-likeness (QED) is 0.740. The molecule has 2 aromatic rings. The van der Waals surface area contributed by atoms with Crippen LogP contribution >= 0.6 is 0 Å². The van der Waals surface area contributed by atoms with E-state index in [-0.39, 0.29) is 22.5 Å². The summed E-state index contributed by atoms with van der Waals surface area (Å²) in [6, 6.07) is 6.76. The Balaban J connectivity index is 1.72. The molecular formula is C17H20N4O5S. The number of benzene rings is 1. The van der Waals surface area contributed by atoms with Crippen LogP contribution < -0.4 is 19.5 Å². The molecule has 3 rings (SSSR count). The average molecular weight is 392 g/mol. The summed E-state index contributed by atoms with van der Waals surface area (Å²) in [5, 5.41) is 2.29. The second-order valence-electron chi connectivity index (χ2n) is 6.14. The molecule has 27 heavy (non-hydrogen) atoms. The number of carbonyl (C=O) groups excluding carboxylic acids is 1. The van der Waals surface area contributed by atoms with Gasteiger partial charge in [-0.2, -0.15) is 4.98 Å². The van der Waals surface area contributed by atoms with Crippen LogP contribution in [0.1, 0.15) is 18.5 Å². The minimum atomic E-state index is -4.14. The van der Waals surface area contributed by atoms with Crippen LogP contribution in [0.5, 0.6) is 11.6 Å². The number of urea groups is 1. The van der Waals surface area contributed by atoms with Crippen molar-refractivity contribution < 1.29 is 22.7 Å². The zero-order valence-electron chi connectivity index (χ0n) is 14.9. The van der Waals surface area contributed by atoms with Crippen LogP contribution in [-0.4, -0.2) is 38.1 Å². The number of nitrogens with zero attached hydrogens (tertiary/aromatic N) is 2. The van der Waals surface area contributed by atoms with Gasteiger partial charge in [-0.15, -0.1) is 0 Å². The molecule has 1 aromatic heterocycles. The molecule has 1 fully saturated rings. The summed E-state index contributed by atoms with van der Waals surface area (Å²) in [5.74, 6) is 0.848. The summed E-state index contributed by atoms with van der Waals surface area (Å²) in [7, 11) is -2.71. The third kappa shape index (κ3) is 5.07. The number of aryl methyl sites for hydroxylation is 1. The second kappa shape index (κ2) is 7.78. The average Bonchev–Trinajstić information content (AvgIpc) is 3.43. The Morgan fingerprint density at radius 3 is 2.70 bits per heavy atom. The van der Waals surface area contributed by atoms with E-state index in [1.54, 1.807) is 31.2 Å². The number of para-hydroxylation sites is 1. The molecule has 0 atom stereocenters. The first-order valence-corrected chi connectivity index (χ1v) is 9.81. The monoisotopic (exact) mass is 392 g/mol. The minimum absolute atomic E-state index is 0.0715. The van der Waals surface area contributed by atoms with Crippen molar-refractivity contribution in [3.8, 4) is 11.6 Å². The van der Waals surface area contributed by atoms with Crippen LogP contribution in [-0.2, 0) is 10.0 Å². The first-order chi connectivity index (χ1) is 12.9. The number of hydrogen-bond acceptors (Lipinski definition) is 7. The summed E-state index contributed by atoms with van der Waals surface area (Å²) in [5.41, 5.74) is 0.554. The zero-order chi connectivity index (χ0) is 19.4. The Morgan fingerprint density at radius 2 is 2.00 bits per heavy atom. The topological polar surface area (TPSA) is 120 Å². The lowest BCUT2D eigenvalue weighted by molar-refractivity contribution is 0.256. The Kier molecular flexibility index (Phi) is 5.45. The van der Waals surface area contributed by atoms with E-state index >= 15 is 0 Å². The predicted octanol–water partition coefficient (Wildman–Crippen LogP) is 2.09. The zero-order valence-corrected chi connectivity index (χ0v) is 15.7. The van der Waals surface area contributed by atoms with Crippen molar-refractivity contribution in [2.24, 2.45) is 5.92 Å². The molecular weight excluding hydrogens is 372 g/mol. The molecule has 10 heteroatoms. The van der Waals surface area contributed by atoms with Gasteiger partial charge in [-0.3, -0.25) is 5.32 Å². The normalized spacial score (nSPS) is 13.7. The van der Waals surface area contributed by atoms with Gasteiger partial charge in [-0.25, -0.2) is 22.9 Å². The van der Waals surface area contributed by atoms with Crippen LogP contribution in [0.25, 0.3) is 0 Å². The fourth-order valence-corrected chi connectivity index (χ4v) is 3.34. The van der Waals surface area contributed by atoms with Gasteiger partial charge >= 0.3 is 6.03 Å². The van der Waals surface area contributed by atoms with E-state index < -0.39 is 16.1 Å². The van der Waals surface area contributed by atoms with E-state index in [9.17, 15) is 13.2 Å². The molecule has 1 saturated carbocycles. The number of aromatic nitrogens is 2. The van der Waals surface area contributed by atoms with Gasteiger partial charge in [0.2, 0.25) is 11.8 Å². The molecule has 1 heterocycles. The molecule has 1 aromatic carbocycles. The van der Waals surface area contributed by atoms with Gasteiger partial charge in [0.05, 0.1) is 13.7 Å². The number of ether oxygens (including phenoxy) is 2. The molecule has 2 amide bonds. The van der Waals surface area contributed by atoms with E-state index in [1.165, 1.54) is 13.2 Å². The maximum Gasteiger partial charge on any atom is 0.335 e. The molecule has 9 nitrogen and oxygen atoms in total. The van der Waals surface area contributed by atoms with Crippen molar-refractivity contribution in [2.45, 2.75) is 24.7 Å². The fraction of sp³-hybridized carbons (Fsp3) is 0.353. The highest BCUT2D eigenvalue weighted by Gasteiger charge is 2.26. The van der Waals surface area contributed by atoms with E-state index in [4.69, 9.17) is 9.47 Å². The molecule has 0 saturated heterocycles. The predicted molar refractivity (Wildman–Crippen MR) is 97.3 cm³/mol. The van der Waals surface area contributed by atoms with Gasteiger partial charge in [-0.05, 0) is 37.8 Å². The van der Waals surface area contributed by atoms with E-state index in [2.05, 4.69) is 15.3 Å². The third-order valence-corrected chi connectivity index (χ3v) is 5.17. The first-order valence-electron chi connectivity index (χ1n) is 8.32. The van der Waals surface area contributed by atoms with E-state index in [0.717, 1.165) is 12.8 Å². The van der Waals surface area contributed by atoms with Crippen LogP contribution in [0.2, 0.25) is 0 Å². The molecule has 0 unspecified atom stereocenters. The number of amides is 2. The van der Waals surface area contributed by atoms with Crippen molar-refractivity contribution in [3.63, 3.8) is 0 Å². The Morgan fingerprint density at radius 1 is 1.26 bits per heavy atom. The largest absolute Gasteiger partial charge is 0.492 e.